The van der Waals surface area contributed by atoms with Crippen molar-refractivity contribution in [3.05, 3.63) is 34.1 Å². The van der Waals surface area contributed by atoms with Gasteiger partial charge in [0.25, 0.3) is 0 Å². The molecular formula is C14H21BrClFN2O. The zero-order valence-corrected chi connectivity index (χ0v) is 14.4. The molecule has 2 N–H and O–H groups in total. The average molecular weight is 368 g/mol. The highest BCUT2D eigenvalue weighted by Gasteiger charge is 2.21. The molecule has 0 spiro atoms. The van der Waals surface area contributed by atoms with E-state index in [1.807, 2.05) is 13.8 Å². The summed E-state index contributed by atoms with van der Waals surface area (Å²) in [5, 5.41) is 0. The second kappa shape index (κ2) is 7.96. The van der Waals surface area contributed by atoms with Gasteiger partial charge in [-0.1, -0.05) is 19.9 Å². The lowest BCUT2D eigenvalue weighted by Crippen LogP contribution is -2.40. The minimum absolute atomic E-state index is 0. The fourth-order valence-electron chi connectivity index (χ4n) is 1.75. The van der Waals surface area contributed by atoms with Crippen LogP contribution in [0.3, 0.4) is 0 Å². The first kappa shape index (κ1) is 19.4. The summed E-state index contributed by atoms with van der Waals surface area (Å²) in [6.45, 7) is 5.16. The molecule has 0 bridgehead atoms. The number of halogens is 3. The topological polar surface area (TPSA) is 46.3 Å². The lowest BCUT2D eigenvalue weighted by atomic mass is 9.93. The molecule has 0 aliphatic heterocycles. The summed E-state index contributed by atoms with van der Waals surface area (Å²) >= 11 is 3.12. The van der Waals surface area contributed by atoms with Gasteiger partial charge in [-0.05, 0) is 45.6 Å². The van der Waals surface area contributed by atoms with Crippen molar-refractivity contribution < 1.29 is 9.18 Å². The van der Waals surface area contributed by atoms with Crippen LogP contribution in [0.4, 0.5) is 4.39 Å². The van der Waals surface area contributed by atoms with E-state index in [1.54, 1.807) is 24.1 Å². The third-order valence-electron chi connectivity index (χ3n) is 2.98. The number of amides is 1. The van der Waals surface area contributed by atoms with E-state index in [-0.39, 0.29) is 36.0 Å². The number of rotatable bonds is 5. The lowest BCUT2D eigenvalue weighted by molar-refractivity contribution is -0.130. The van der Waals surface area contributed by atoms with E-state index in [2.05, 4.69) is 15.9 Å². The van der Waals surface area contributed by atoms with Crippen LogP contribution in [0.15, 0.2) is 22.7 Å². The van der Waals surface area contributed by atoms with E-state index in [4.69, 9.17) is 5.73 Å². The van der Waals surface area contributed by atoms with Gasteiger partial charge in [0.2, 0.25) is 5.91 Å². The normalized spacial score (nSPS) is 10.9. The molecule has 1 amide bonds. The maximum absolute atomic E-state index is 13.1. The molecule has 6 heteroatoms. The Hall–Kier alpha value is -0.650. The Bertz CT molecular complexity index is 468. The molecule has 0 heterocycles. The summed E-state index contributed by atoms with van der Waals surface area (Å²) < 4.78 is 13.5. The second-order valence-corrected chi connectivity index (χ2v) is 6.40. The molecule has 1 rings (SSSR count). The van der Waals surface area contributed by atoms with Crippen molar-refractivity contribution in [3.63, 3.8) is 0 Å². The predicted molar refractivity (Wildman–Crippen MR) is 85.5 cm³/mol. The van der Waals surface area contributed by atoms with Crippen molar-refractivity contribution in [2.75, 3.05) is 20.1 Å². The van der Waals surface area contributed by atoms with Gasteiger partial charge in [-0.2, -0.15) is 0 Å². The minimum atomic E-state index is -0.325. The fourth-order valence-corrected chi connectivity index (χ4v) is 2.18. The molecule has 1 aromatic rings. The number of hydrogen-bond acceptors (Lipinski definition) is 2. The van der Waals surface area contributed by atoms with Crippen LogP contribution in [0.2, 0.25) is 0 Å². The molecule has 20 heavy (non-hydrogen) atoms. The van der Waals surface area contributed by atoms with Gasteiger partial charge >= 0.3 is 0 Å². The summed E-state index contributed by atoms with van der Waals surface area (Å²) in [6, 6.07) is 4.62. The molecule has 0 radical (unpaired) electrons. The molecule has 0 aliphatic carbocycles. The Balaban J connectivity index is 0.00000361. The van der Waals surface area contributed by atoms with Crippen molar-refractivity contribution in [1.82, 2.24) is 4.90 Å². The number of nitrogens with zero attached hydrogens (tertiary/aromatic N) is 1. The Morgan fingerprint density at radius 1 is 1.45 bits per heavy atom. The first-order valence-corrected chi connectivity index (χ1v) is 6.92. The number of benzene rings is 1. The summed E-state index contributed by atoms with van der Waals surface area (Å²) in [4.78, 5) is 13.7. The highest BCUT2D eigenvalue weighted by molar-refractivity contribution is 9.10. The predicted octanol–water partition coefficient (Wildman–Crippen LogP) is 3.00. The molecule has 3 nitrogen and oxygen atoms in total. The molecule has 0 fully saturated rings. The summed E-state index contributed by atoms with van der Waals surface area (Å²) in [7, 11) is 1.76. The standard InChI is InChI=1S/C14H20BrFN2O.ClH/c1-14(2,8-17)9-18(3)13(19)7-10-4-5-12(16)11(15)6-10;/h4-6H,7-9,17H2,1-3H3;1H. The van der Waals surface area contributed by atoms with E-state index in [0.29, 0.717) is 17.6 Å². The summed E-state index contributed by atoms with van der Waals surface area (Å²) in [5.74, 6) is -0.325. The van der Waals surface area contributed by atoms with Crippen LogP contribution in [0.5, 0.6) is 0 Å². The van der Waals surface area contributed by atoms with Gasteiger partial charge in [0.15, 0.2) is 0 Å². The zero-order valence-electron chi connectivity index (χ0n) is 12.0. The number of likely N-dealkylation sites (N-methyl/N-ethyl adjacent to an activating group) is 1. The highest BCUT2D eigenvalue weighted by atomic mass is 79.9. The lowest BCUT2D eigenvalue weighted by Gasteiger charge is -2.29. The molecule has 114 valence electrons. The Kier molecular flexibility index (Phi) is 7.70. The van der Waals surface area contributed by atoms with Gasteiger partial charge in [-0.3, -0.25) is 4.79 Å². The van der Waals surface area contributed by atoms with Crippen LogP contribution in [0.1, 0.15) is 19.4 Å². The van der Waals surface area contributed by atoms with Crippen molar-refractivity contribution in [3.8, 4) is 0 Å². The third kappa shape index (κ3) is 5.77. The van der Waals surface area contributed by atoms with Crippen LogP contribution in [0, 0.1) is 11.2 Å². The van der Waals surface area contributed by atoms with E-state index in [0.717, 1.165) is 5.56 Å². The molecule has 0 saturated carbocycles. The highest BCUT2D eigenvalue weighted by Crippen LogP contribution is 2.18. The SMILES string of the molecule is CN(CC(C)(C)CN)C(=O)Cc1ccc(F)c(Br)c1.Cl. The molecule has 0 unspecified atom stereocenters. The number of hydrogen-bond donors (Lipinski definition) is 1. The Labute approximate surface area is 134 Å². The van der Waals surface area contributed by atoms with Crippen molar-refractivity contribution in [2.24, 2.45) is 11.1 Å². The molecular weight excluding hydrogens is 347 g/mol. The van der Waals surface area contributed by atoms with Crippen LogP contribution in [-0.2, 0) is 11.2 Å². The molecule has 1 aromatic carbocycles. The maximum atomic E-state index is 13.1. The minimum Gasteiger partial charge on any atom is -0.345 e. The van der Waals surface area contributed by atoms with Crippen molar-refractivity contribution in [2.45, 2.75) is 20.3 Å². The summed E-state index contributed by atoms with van der Waals surface area (Å²) in [6.07, 6.45) is 0.260. The van der Waals surface area contributed by atoms with E-state index in [9.17, 15) is 9.18 Å². The van der Waals surface area contributed by atoms with Gasteiger partial charge in [0.05, 0.1) is 10.9 Å². The largest absolute Gasteiger partial charge is 0.345 e. The third-order valence-corrected chi connectivity index (χ3v) is 3.59. The first-order valence-electron chi connectivity index (χ1n) is 6.13. The maximum Gasteiger partial charge on any atom is 0.226 e. The Morgan fingerprint density at radius 3 is 2.55 bits per heavy atom. The monoisotopic (exact) mass is 366 g/mol. The van der Waals surface area contributed by atoms with Crippen LogP contribution >= 0.6 is 28.3 Å². The zero-order chi connectivity index (χ0) is 14.6. The summed E-state index contributed by atoms with van der Waals surface area (Å²) in [5.41, 5.74) is 6.34. The first-order chi connectivity index (χ1) is 8.75. The van der Waals surface area contributed by atoms with Crippen molar-refractivity contribution >= 4 is 34.2 Å². The van der Waals surface area contributed by atoms with Gasteiger partial charge < -0.3 is 10.6 Å². The average Bonchev–Trinajstić information content (AvgIpc) is 2.33. The van der Waals surface area contributed by atoms with Gasteiger partial charge in [0, 0.05) is 13.6 Å². The van der Waals surface area contributed by atoms with Crippen LogP contribution in [0.25, 0.3) is 0 Å². The smallest absolute Gasteiger partial charge is 0.226 e. The van der Waals surface area contributed by atoms with Crippen molar-refractivity contribution in [1.29, 1.82) is 0 Å². The molecule has 0 aliphatic rings. The molecule has 0 saturated heterocycles. The molecule has 0 aromatic heterocycles. The number of carbonyl (C=O) groups is 1. The van der Waals surface area contributed by atoms with Crippen LogP contribution in [-0.4, -0.2) is 30.9 Å². The van der Waals surface area contributed by atoms with Gasteiger partial charge in [-0.15, -0.1) is 12.4 Å². The molecule has 0 atom stereocenters. The fraction of sp³-hybridized carbons (Fsp3) is 0.500. The van der Waals surface area contributed by atoms with E-state index in [1.165, 1.54) is 6.07 Å². The number of carbonyl (C=O) groups excluding carboxylic acids is 1. The quantitative estimate of drug-likeness (QED) is 0.869. The van der Waals surface area contributed by atoms with Gasteiger partial charge in [-0.25, -0.2) is 4.39 Å². The Morgan fingerprint density at radius 2 is 2.05 bits per heavy atom. The number of nitrogens with two attached hydrogens (primary N) is 1. The van der Waals surface area contributed by atoms with E-state index >= 15 is 0 Å². The van der Waals surface area contributed by atoms with Crippen LogP contribution < -0.4 is 5.73 Å². The van der Waals surface area contributed by atoms with Gasteiger partial charge in [0.1, 0.15) is 5.82 Å². The second-order valence-electron chi connectivity index (χ2n) is 5.54. The van der Waals surface area contributed by atoms with E-state index < -0.39 is 0 Å².